The van der Waals surface area contributed by atoms with Crippen molar-refractivity contribution in [2.24, 2.45) is 0 Å². The molecule has 0 heteroatoms. The van der Waals surface area contributed by atoms with Gasteiger partial charge in [-0.15, -0.1) is 0 Å². The molecular weight excluding hydrogens is 312 g/mol. The average Bonchev–Trinajstić information content (AvgIpc) is 2.75. The van der Waals surface area contributed by atoms with E-state index in [2.05, 4.69) is 91.8 Å². The van der Waals surface area contributed by atoms with Gasteiger partial charge in [0.15, 0.2) is 0 Å². The Labute approximate surface area is 162 Å². The molecule has 0 amide bonds. The molecule has 0 heterocycles. The summed E-state index contributed by atoms with van der Waals surface area (Å²) < 4.78 is 0. The van der Waals surface area contributed by atoms with Crippen LogP contribution in [0, 0.1) is 0 Å². The Hall–Kier alpha value is -1.56. The molecule has 0 aromatic heterocycles. The predicted octanol–water partition coefficient (Wildman–Crippen LogP) is 8.00. The van der Waals surface area contributed by atoms with E-state index in [1.165, 1.54) is 46.2 Å². The van der Waals surface area contributed by atoms with Gasteiger partial charge in [0, 0.05) is 5.41 Å². The number of hydrogen-bond donors (Lipinski definition) is 0. The first-order chi connectivity index (χ1) is 11.5. The zero-order chi connectivity index (χ0) is 18.6. The molecule has 0 radical (unpaired) electrons. The quantitative estimate of drug-likeness (QED) is 0.514. The molecular formula is C26H38. The Morgan fingerprint density at radius 3 is 1.42 bits per heavy atom. The summed E-state index contributed by atoms with van der Waals surface area (Å²) in [5, 5.41) is 0. The number of rotatable bonds is 2. The van der Waals surface area contributed by atoms with Gasteiger partial charge in [-0.1, -0.05) is 106 Å². The van der Waals surface area contributed by atoms with Gasteiger partial charge in [-0.05, 0) is 50.6 Å². The summed E-state index contributed by atoms with van der Waals surface area (Å²) in [6.45, 7) is 18.6. The molecule has 0 saturated heterocycles. The van der Waals surface area contributed by atoms with Crippen LogP contribution in [0.2, 0.25) is 0 Å². The standard InChI is InChI=1S/C25H34.CH4/c1-9-14-25(8)21-15-17(23(2,3)4)10-12-19(21)20-13-11-18(16-22(20)25)24(5,6)7;/h10-13,15-16H,9,14H2,1-8H3;1H4. The second-order valence-corrected chi connectivity index (χ2v) is 10.1. The van der Waals surface area contributed by atoms with E-state index >= 15 is 0 Å². The summed E-state index contributed by atoms with van der Waals surface area (Å²) in [6.07, 6.45) is 2.41. The lowest BCUT2D eigenvalue weighted by Gasteiger charge is -2.30. The van der Waals surface area contributed by atoms with Crippen molar-refractivity contribution in [2.45, 2.75) is 91.9 Å². The smallest absolute Gasteiger partial charge is 0.0187 e. The van der Waals surface area contributed by atoms with Crippen LogP contribution in [-0.2, 0) is 16.2 Å². The van der Waals surface area contributed by atoms with Gasteiger partial charge in [-0.2, -0.15) is 0 Å². The van der Waals surface area contributed by atoms with Gasteiger partial charge in [0.05, 0.1) is 0 Å². The van der Waals surface area contributed by atoms with Crippen LogP contribution in [0.25, 0.3) is 11.1 Å². The fraction of sp³-hybridized carbons (Fsp3) is 0.538. The van der Waals surface area contributed by atoms with Crippen LogP contribution in [0.1, 0.15) is 97.9 Å². The molecule has 0 saturated carbocycles. The topological polar surface area (TPSA) is 0 Å². The van der Waals surface area contributed by atoms with Gasteiger partial charge >= 0.3 is 0 Å². The minimum absolute atomic E-state index is 0. The Kier molecular flexibility index (Phi) is 5.23. The van der Waals surface area contributed by atoms with E-state index < -0.39 is 0 Å². The number of benzene rings is 2. The van der Waals surface area contributed by atoms with Gasteiger partial charge in [0.25, 0.3) is 0 Å². The van der Waals surface area contributed by atoms with Crippen LogP contribution >= 0.6 is 0 Å². The molecule has 0 fully saturated rings. The molecule has 1 aliphatic rings. The van der Waals surface area contributed by atoms with E-state index in [1.807, 2.05) is 0 Å². The molecule has 2 aromatic rings. The molecule has 0 nitrogen and oxygen atoms in total. The van der Waals surface area contributed by atoms with Gasteiger partial charge < -0.3 is 0 Å². The fourth-order valence-electron chi connectivity index (χ4n) is 4.32. The Morgan fingerprint density at radius 2 is 1.12 bits per heavy atom. The highest BCUT2D eigenvalue weighted by Gasteiger charge is 2.39. The highest BCUT2D eigenvalue weighted by molar-refractivity contribution is 5.81. The largest absolute Gasteiger partial charge is 0.0776 e. The van der Waals surface area contributed by atoms with Gasteiger partial charge in [-0.25, -0.2) is 0 Å². The molecule has 0 N–H and O–H groups in total. The maximum absolute atomic E-state index is 2.49. The average molecular weight is 351 g/mol. The Balaban J connectivity index is 0.00000243. The molecule has 0 aliphatic heterocycles. The van der Waals surface area contributed by atoms with Crippen molar-refractivity contribution in [1.82, 2.24) is 0 Å². The molecule has 0 bridgehead atoms. The molecule has 26 heavy (non-hydrogen) atoms. The minimum atomic E-state index is 0. The maximum atomic E-state index is 2.49. The predicted molar refractivity (Wildman–Crippen MR) is 117 cm³/mol. The Morgan fingerprint density at radius 1 is 0.731 bits per heavy atom. The number of fused-ring (bicyclic) bond motifs is 3. The van der Waals surface area contributed by atoms with Crippen LogP contribution in [0.4, 0.5) is 0 Å². The second kappa shape index (κ2) is 6.55. The fourth-order valence-corrected chi connectivity index (χ4v) is 4.32. The van der Waals surface area contributed by atoms with E-state index in [-0.39, 0.29) is 23.7 Å². The van der Waals surface area contributed by atoms with Crippen molar-refractivity contribution in [3.8, 4) is 11.1 Å². The Bertz CT molecular complexity index is 730. The lowest BCUT2D eigenvalue weighted by atomic mass is 9.73. The number of hydrogen-bond acceptors (Lipinski definition) is 0. The summed E-state index contributed by atoms with van der Waals surface area (Å²) >= 11 is 0. The van der Waals surface area contributed by atoms with Crippen molar-refractivity contribution in [2.75, 3.05) is 0 Å². The van der Waals surface area contributed by atoms with E-state index in [0.717, 1.165) is 0 Å². The van der Waals surface area contributed by atoms with E-state index in [9.17, 15) is 0 Å². The summed E-state index contributed by atoms with van der Waals surface area (Å²) in [7, 11) is 0. The molecule has 0 spiro atoms. The van der Waals surface area contributed by atoms with Crippen LogP contribution in [0.5, 0.6) is 0 Å². The third-order valence-corrected chi connectivity index (χ3v) is 6.00. The lowest BCUT2D eigenvalue weighted by Crippen LogP contribution is -2.22. The van der Waals surface area contributed by atoms with Crippen molar-refractivity contribution in [3.05, 3.63) is 58.7 Å². The van der Waals surface area contributed by atoms with Crippen LogP contribution in [0.3, 0.4) is 0 Å². The zero-order valence-corrected chi connectivity index (χ0v) is 17.4. The third-order valence-electron chi connectivity index (χ3n) is 6.00. The molecule has 1 aliphatic carbocycles. The highest BCUT2D eigenvalue weighted by atomic mass is 14.4. The maximum Gasteiger partial charge on any atom is 0.0187 e. The van der Waals surface area contributed by atoms with Crippen LogP contribution in [0.15, 0.2) is 36.4 Å². The SMILES string of the molecule is C.CCCC1(C)c2cc(C(C)(C)C)ccc2-c2ccc(C(C)(C)C)cc21. The van der Waals surface area contributed by atoms with Crippen molar-refractivity contribution in [3.63, 3.8) is 0 Å². The second-order valence-electron chi connectivity index (χ2n) is 10.1. The summed E-state index contributed by atoms with van der Waals surface area (Å²) in [5.74, 6) is 0. The normalized spacial score (nSPS) is 15.2. The van der Waals surface area contributed by atoms with E-state index in [1.54, 1.807) is 0 Å². The highest BCUT2D eigenvalue weighted by Crippen LogP contribution is 2.52. The first-order valence-corrected chi connectivity index (χ1v) is 9.79. The van der Waals surface area contributed by atoms with E-state index in [0.29, 0.717) is 0 Å². The minimum Gasteiger partial charge on any atom is -0.0776 e. The van der Waals surface area contributed by atoms with Crippen molar-refractivity contribution >= 4 is 0 Å². The van der Waals surface area contributed by atoms with Crippen molar-refractivity contribution in [1.29, 1.82) is 0 Å². The molecule has 142 valence electrons. The summed E-state index contributed by atoms with van der Waals surface area (Å²) in [5.41, 5.74) is 9.34. The molecule has 0 unspecified atom stereocenters. The first-order valence-electron chi connectivity index (χ1n) is 9.79. The van der Waals surface area contributed by atoms with Gasteiger partial charge in [0.1, 0.15) is 0 Å². The summed E-state index contributed by atoms with van der Waals surface area (Å²) in [4.78, 5) is 0. The first kappa shape index (κ1) is 20.7. The monoisotopic (exact) mass is 350 g/mol. The van der Waals surface area contributed by atoms with Crippen LogP contribution in [-0.4, -0.2) is 0 Å². The lowest BCUT2D eigenvalue weighted by molar-refractivity contribution is 0.516. The molecule has 0 atom stereocenters. The third kappa shape index (κ3) is 3.24. The van der Waals surface area contributed by atoms with Gasteiger partial charge in [-0.3, -0.25) is 0 Å². The molecule has 2 aromatic carbocycles. The van der Waals surface area contributed by atoms with Crippen LogP contribution < -0.4 is 0 Å². The van der Waals surface area contributed by atoms with Crippen molar-refractivity contribution < 1.29 is 0 Å². The molecule has 3 rings (SSSR count). The zero-order valence-electron chi connectivity index (χ0n) is 17.4. The van der Waals surface area contributed by atoms with Gasteiger partial charge in [0.2, 0.25) is 0 Å². The van der Waals surface area contributed by atoms with E-state index in [4.69, 9.17) is 0 Å². The summed E-state index contributed by atoms with van der Waals surface area (Å²) in [6, 6.07) is 14.4.